The number of ether oxygens (including phenoxy) is 1. The van der Waals surface area contributed by atoms with Crippen LogP contribution in [0.3, 0.4) is 0 Å². The van der Waals surface area contributed by atoms with Crippen LogP contribution in [0.4, 0.5) is 9.80 Å². The van der Waals surface area contributed by atoms with E-state index in [0.29, 0.717) is 5.00 Å². The van der Waals surface area contributed by atoms with E-state index in [1.807, 2.05) is 24.3 Å². The van der Waals surface area contributed by atoms with Crippen molar-refractivity contribution >= 4 is 38.5 Å². The van der Waals surface area contributed by atoms with E-state index in [1.54, 1.807) is 26.8 Å². The smallest absolute Gasteiger partial charge is 0.415 e. The lowest BCUT2D eigenvalue weighted by Crippen LogP contribution is -2.39. The van der Waals surface area contributed by atoms with E-state index < -0.39 is 24.2 Å². The van der Waals surface area contributed by atoms with Crippen LogP contribution in [0.15, 0.2) is 30.3 Å². The number of carboxylic acid groups (broad SMARTS) is 1. The summed E-state index contributed by atoms with van der Waals surface area (Å²) in [6.07, 6.45) is -0.656. The lowest BCUT2D eigenvalue weighted by atomic mass is 10.2. The first-order valence-corrected chi connectivity index (χ1v) is 7.29. The molecule has 0 atom stereocenters. The van der Waals surface area contributed by atoms with Crippen molar-refractivity contribution in [3.8, 4) is 0 Å². The fourth-order valence-corrected chi connectivity index (χ4v) is 2.84. The third-order valence-electron chi connectivity index (χ3n) is 2.59. The number of hydrogen-bond donors (Lipinski definition) is 1. The number of carbonyl (C=O) groups is 2. The van der Waals surface area contributed by atoms with Gasteiger partial charge in [0.1, 0.15) is 17.1 Å². The quantitative estimate of drug-likeness (QED) is 0.938. The first kappa shape index (κ1) is 15.3. The predicted octanol–water partition coefficient (Wildman–Crippen LogP) is 3.73. The highest BCUT2D eigenvalue weighted by molar-refractivity contribution is 7.23. The fourth-order valence-electron chi connectivity index (χ4n) is 1.79. The van der Waals surface area contributed by atoms with Crippen LogP contribution in [0, 0.1) is 0 Å². The molecule has 1 amide bonds. The maximum Gasteiger partial charge on any atom is 0.415 e. The van der Waals surface area contributed by atoms with Crippen LogP contribution in [0.5, 0.6) is 0 Å². The highest BCUT2D eigenvalue weighted by Gasteiger charge is 2.26. The number of aliphatic carboxylic acids is 1. The molecule has 0 radical (unpaired) electrons. The average molecular weight is 307 g/mol. The molecule has 0 aliphatic heterocycles. The Morgan fingerprint density at radius 1 is 1.29 bits per heavy atom. The maximum absolute atomic E-state index is 12.2. The summed E-state index contributed by atoms with van der Waals surface area (Å²) in [5.41, 5.74) is -0.676. The van der Waals surface area contributed by atoms with E-state index in [1.165, 1.54) is 11.3 Å². The molecule has 1 aromatic carbocycles. The van der Waals surface area contributed by atoms with Crippen molar-refractivity contribution in [3.63, 3.8) is 0 Å². The van der Waals surface area contributed by atoms with Gasteiger partial charge < -0.3 is 9.84 Å². The molecule has 1 aromatic heterocycles. The minimum Gasteiger partial charge on any atom is -0.480 e. The number of thiophene rings is 1. The first-order chi connectivity index (χ1) is 9.76. The summed E-state index contributed by atoms with van der Waals surface area (Å²) in [6, 6.07) is 9.44. The fraction of sp³-hybridized carbons (Fsp3) is 0.333. The first-order valence-electron chi connectivity index (χ1n) is 6.47. The number of anilines is 1. The minimum atomic E-state index is -1.08. The lowest BCUT2D eigenvalue weighted by molar-refractivity contribution is -0.135. The number of hydrogen-bond acceptors (Lipinski definition) is 4. The molecule has 0 unspecified atom stereocenters. The summed E-state index contributed by atoms with van der Waals surface area (Å²) >= 11 is 1.36. The van der Waals surface area contributed by atoms with Crippen LogP contribution in [0.1, 0.15) is 20.8 Å². The van der Waals surface area contributed by atoms with Crippen LogP contribution >= 0.6 is 11.3 Å². The zero-order chi connectivity index (χ0) is 15.6. The minimum absolute atomic E-state index is 0.429. The molecule has 2 rings (SSSR count). The molecule has 1 heterocycles. The number of carboxylic acids is 1. The van der Waals surface area contributed by atoms with Gasteiger partial charge in [-0.2, -0.15) is 0 Å². The van der Waals surface area contributed by atoms with Gasteiger partial charge >= 0.3 is 12.1 Å². The Balaban J connectivity index is 2.35. The molecule has 0 fully saturated rings. The SMILES string of the molecule is CC(C)(C)OC(=O)N(CC(=O)O)c1cc2ccccc2s1. The van der Waals surface area contributed by atoms with Gasteiger partial charge in [0.25, 0.3) is 0 Å². The van der Waals surface area contributed by atoms with Gasteiger partial charge in [-0.3, -0.25) is 9.69 Å². The van der Waals surface area contributed by atoms with Crippen LogP contribution in [0.25, 0.3) is 10.1 Å². The van der Waals surface area contributed by atoms with Gasteiger partial charge in [0.05, 0.1) is 0 Å². The van der Waals surface area contributed by atoms with Crippen molar-refractivity contribution in [2.24, 2.45) is 0 Å². The van der Waals surface area contributed by atoms with Crippen molar-refractivity contribution < 1.29 is 19.4 Å². The Morgan fingerprint density at radius 2 is 1.95 bits per heavy atom. The zero-order valence-corrected chi connectivity index (χ0v) is 12.9. The molecular weight excluding hydrogens is 290 g/mol. The molecule has 0 saturated heterocycles. The third-order valence-corrected chi connectivity index (χ3v) is 3.72. The molecule has 1 N–H and O–H groups in total. The second-order valence-corrected chi connectivity index (χ2v) is 6.64. The van der Waals surface area contributed by atoms with Gasteiger partial charge in [-0.15, -0.1) is 11.3 Å². The van der Waals surface area contributed by atoms with Gasteiger partial charge in [0.15, 0.2) is 0 Å². The van der Waals surface area contributed by atoms with Crippen LogP contribution in [-0.2, 0) is 9.53 Å². The summed E-state index contributed by atoms with van der Waals surface area (Å²) in [5, 5.41) is 10.6. The van der Waals surface area contributed by atoms with E-state index in [4.69, 9.17) is 9.84 Å². The molecular formula is C15H17NO4S. The maximum atomic E-state index is 12.2. The Kier molecular flexibility index (Phi) is 4.18. The Morgan fingerprint density at radius 3 is 2.52 bits per heavy atom. The molecule has 0 spiro atoms. The van der Waals surface area contributed by atoms with Crippen molar-refractivity contribution in [3.05, 3.63) is 30.3 Å². The van der Waals surface area contributed by atoms with Gasteiger partial charge in [-0.05, 0) is 38.3 Å². The summed E-state index contributed by atoms with van der Waals surface area (Å²) < 4.78 is 6.27. The van der Waals surface area contributed by atoms with E-state index in [0.717, 1.165) is 15.0 Å². The monoisotopic (exact) mass is 307 g/mol. The van der Waals surface area contributed by atoms with Crippen molar-refractivity contribution in [1.82, 2.24) is 0 Å². The van der Waals surface area contributed by atoms with E-state index in [2.05, 4.69) is 0 Å². The lowest BCUT2D eigenvalue weighted by Gasteiger charge is -2.25. The van der Waals surface area contributed by atoms with Crippen LogP contribution in [-0.4, -0.2) is 29.3 Å². The molecule has 0 aliphatic carbocycles. The van der Waals surface area contributed by atoms with Crippen LogP contribution < -0.4 is 4.90 Å². The van der Waals surface area contributed by atoms with Crippen LogP contribution in [0.2, 0.25) is 0 Å². The molecule has 0 bridgehead atoms. The summed E-state index contributed by atoms with van der Waals surface area (Å²) in [5.74, 6) is -1.08. The van der Waals surface area contributed by atoms with Gasteiger partial charge in [0, 0.05) is 4.70 Å². The van der Waals surface area contributed by atoms with Crippen molar-refractivity contribution in [2.45, 2.75) is 26.4 Å². The van der Waals surface area contributed by atoms with Crippen molar-refractivity contribution in [2.75, 3.05) is 11.4 Å². The molecule has 0 aliphatic rings. The number of carbonyl (C=O) groups excluding carboxylic acids is 1. The number of fused-ring (bicyclic) bond motifs is 1. The highest BCUT2D eigenvalue weighted by Crippen LogP contribution is 2.33. The van der Waals surface area contributed by atoms with E-state index in [9.17, 15) is 9.59 Å². The number of rotatable bonds is 3. The van der Waals surface area contributed by atoms with E-state index in [-0.39, 0.29) is 0 Å². The van der Waals surface area contributed by atoms with Gasteiger partial charge in [-0.1, -0.05) is 18.2 Å². The molecule has 5 nitrogen and oxygen atoms in total. The predicted molar refractivity (Wildman–Crippen MR) is 83.0 cm³/mol. The zero-order valence-electron chi connectivity index (χ0n) is 12.1. The summed E-state index contributed by atoms with van der Waals surface area (Å²) in [6.45, 7) is 4.81. The molecule has 2 aromatic rings. The third kappa shape index (κ3) is 3.95. The largest absolute Gasteiger partial charge is 0.480 e. The van der Waals surface area contributed by atoms with Gasteiger partial charge in [-0.25, -0.2) is 4.79 Å². The Hall–Kier alpha value is -2.08. The summed E-state index contributed by atoms with van der Waals surface area (Å²) in [7, 11) is 0. The average Bonchev–Trinajstić information content (AvgIpc) is 2.76. The van der Waals surface area contributed by atoms with Gasteiger partial charge in [0.2, 0.25) is 0 Å². The normalized spacial score (nSPS) is 11.4. The Bertz CT molecular complexity index is 639. The number of nitrogens with zero attached hydrogens (tertiary/aromatic N) is 1. The summed E-state index contributed by atoms with van der Waals surface area (Å²) in [4.78, 5) is 24.4. The Labute approximate surface area is 126 Å². The van der Waals surface area contributed by atoms with E-state index >= 15 is 0 Å². The topological polar surface area (TPSA) is 66.8 Å². The molecule has 6 heteroatoms. The highest BCUT2D eigenvalue weighted by atomic mass is 32.1. The standard InChI is InChI=1S/C15H17NO4S/c1-15(2,3)20-14(19)16(9-13(17)18)12-8-10-6-4-5-7-11(10)21-12/h4-8H,9H2,1-3H3,(H,17,18). The molecule has 21 heavy (non-hydrogen) atoms. The molecule has 0 saturated carbocycles. The second-order valence-electron chi connectivity index (χ2n) is 5.58. The second kappa shape index (κ2) is 5.73. The molecule has 112 valence electrons. The number of benzene rings is 1. The van der Waals surface area contributed by atoms with Crippen molar-refractivity contribution in [1.29, 1.82) is 0 Å². The number of amides is 1.